The van der Waals surface area contributed by atoms with Gasteiger partial charge in [0.25, 0.3) is 0 Å². The molecule has 0 radical (unpaired) electrons. The van der Waals surface area contributed by atoms with Crippen molar-refractivity contribution in [1.82, 2.24) is 14.4 Å². The first-order chi connectivity index (χ1) is 16.1. The van der Waals surface area contributed by atoms with Crippen LogP contribution in [0.1, 0.15) is 25.2 Å². The Balaban J connectivity index is 1.43. The fourth-order valence-corrected chi connectivity index (χ4v) is 5.28. The summed E-state index contributed by atoms with van der Waals surface area (Å²) in [6.07, 6.45) is 0. The first-order valence-corrected chi connectivity index (χ1v) is 12.3. The van der Waals surface area contributed by atoms with E-state index in [1.54, 1.807) is 6.07 Å². The molecule has 1 aliphatic heterocycles. The van der Waals surface area contributed by atoms with Crippen LogP contribution in [-0.2, 0) is 15.4 Å². The lowest BCUT2D eigenvalue weighted by molar-refractivity contribution is -0.0498. The molecule has 0 amide bonds. The van der Waals surface area contributed by atoms with Crippen LogP contribution >= 0.6 is 11.6 Å². The zero-order valence-corrected chi connectivity index (χ0v) is 20.1. The van der Waals surface area contributed by atoms with Crippen LogP contribution in [0.2, 0.25) is 5.02 Å². The highest BCUT2D eigenvalue weighted by atomic mass is 35.5. The Morgan fingerprint density at radius 2 is 1.76 bits per heavy atom. The molecule has 1 saturated heterocycles. The van der Waals surface area contributed by atoms with Crippen molar-refractivity contribution >= 4 is 27.6 Å². The predicted molar refractivity (Wildman–Crippen MR) is 122 cm³/mol. The SMILES string of the molecule is CC(C)(c1cccc(Cl)c1)c1noc(N2CCN(S(=O)(=O)c3ccc(OC(F)F)cc3)CC2)n1. The van der Waals surface area contributed by atoms with Crippen LogP contribution in [0, 0.1) is 0 Å². The van der Waals surface area contributed by atoms with Gasteiger partial charge in [0.2, 0.25) is 10.0 Å². The molecule has 2 heterocycles. The van der Waals surface area contributed by atoms with E-state index >= 15 is 0 Å². The van der Waals surface area contributed by atoms with Crippen molar-refractivity contribution in [2.45, 2.75) is 30.8 Å². The van der Waals surface area contributed by atoms with Crippen LogP contribution in [0.3, 0.4) is 0 Å². The minimum absolute atomic E-state index is 0.00548. The molecule has 1 aliphatic rings. The van der Waals surface area contributed by atoms with Gasteiger partial charge in [0.05, 0.1) is 10.3 Å². The van der Waals surface area contributed by atoms with E-state index in [0.717, 1.165) is 5.56 Å². The Labute approximate surface area is 201 Å². The number of ether oxygens (including phenoxy) is 1. The normalized spacial score (nSPS) is 15.6. The second-order valence-electron chi connectivity index (χ2n) is 8.28. The Morgan fingerprint density at radius 1 is 1.09 bits per heavy atom. The lowest BCUT2D eigenvalue weighted by Crippen LogP contribution is -2.48. The van der Waals surface area contributed by atoms with E-state index in [2.05, 4.69) is 14.9 Å². The highest BCUT2D eigenvalue weighted by Gasteiger charge is 2.33. The van der Waals surface area contributed by atoms with Gasteiger partial charge in [0.1, 0.15) is 5.75 Å². The molecule has 0 N–H and O–H groups in total. The van der Waals surface area contributed by atoms with E-state index in [-0.39, 0.29) is 23.7 Å². The van der Waals surface area contributed by atoms with Crippen molar-refractivity contribution in [3.63, 3.8) is 0 Å². The van der Waals surface area contributed by atoms with Crippen molar-refractivity contribution in [2.24, 2.45) is 0 Å². The Kier molecular flexibility index (Phi) is 6.79. The predicted octanol–water partition coefficient (Wildman–Crippen LogP) is 4.16. The average molecular weight is 513 g/mol. The van der Waals surface area contributed by atoms with Crippen molar-refractivity contribution in [1.29, 1.82) is 0 Å². The van der Waals surface area contributed by atoms with Gasteiger partial charge in [-0.3, -0.25) is 0 Å². The summed E-state index contributed by atoms with van der Waals surface area (Å²) >= 11 is 6.13. The molecular formula is C22H23ClF2N4O4S. The third-order valence-electron chi connectivity index (χ3n) is 5.72. The smallest absolute Gasteiger partial charge is 0.387 e. The Bertz CT molecular complexity index is 1240. The van der Waals surface area contributed by atoms with Crippen LogP contribution in [0.25, 0.3) is 0 Å². The molecule has 8 nitrogen and oxygen atoms in total. The van der Waals surface area contributed by atoms with E-state index < -0.39 is 22.0 Å². The maximum absolute atomic E-state index is 12.9. The fraction of sp³-hybridized carbons (Fsp3) is 0.364. The monoisotopic (exact) mass is 512 g/mol. The maximum atomic E-state index is 12.9. The molecule has 182 valence electrons. The maximum Gasteiger partial charge on any atom is 0.387 e. The highest BCUT2D eigenvalue weighted by molar-refractivity contribution is 7.89. The summed E-state index contributed by atoms with van der Waals surface area (Å²) in [5.74, 6) is 0.387. The van der Waals surface area contributed by atoms with Crippen molar-refractivity contribution in [3.05, 3.63) is 64.9 Å². The van der Waals surface area contributed by atoms with Gasteiger partial charge < -0.3 is 14.2 Å². The summed E-state index contributed by atoms with van der Waals surface area (Å²) in [6.45, 7) is 2.07. The molecule has 12 heteroatoms. The number of piperazine rings is 1. The molecular weight excluding hydrogens is 490 g/mol. The van der Waals surface area contributed by atoms with Gasteiger partial charge in [0, 0.05) is 31.2 Å². The summed E-state index contributed by atoms with van der Waals surface area (Å²) in [6, 6.07) is 12.7. The lowest BCUT2D eigenvalue weighted by atomic mass is 9.84. The van der Waals surface area contributed by atoms with Crippen LogP contribution in [0.15, 0.2) is 57.9 Å². The number of benzene rings is 2. The summed E-state index contributed by atoms with van der Waals surface area (Å²) in [5, 5.41) is 4.76. The zero-order chi connectivity index (χ0) is 24.5. The molecule has 34 heavy (non-hydrogen) atoms. The molecule has 0 aliphatic carbocycles. The molecule has 1 aromatic heterocycles. The number of sulfonamides is 1. The number of alkyl halides is 2. The van der Waals surface area contributed by atoms with E-state index in [1.807, 2.05) is 36.9 Å². The van der Waals surface area contributed by atoms with Gasteiger partial charge in [-0.05, 0) is 55.8 Å². The second kappa shape index (κ2) is 9.47. The number of nitrogens with zero attached hydrogens (tertiary/aromatic N) is 4. The van der Waals surface area contributed by atoms with Crippen LogP contribution < -0.4 is 9.64 Å². The molecule has 1 fully saturated rings. The second-order valence-corrected chi connectivity index (χ2v) is 10.7. The van der Waals surface area contributed by atoms with Crippen LogP contribution in [-0.4, -0.2) is 55.7 Å². The van der Waals surface area contributed by atoms with E-state index in [0.29, 0.717) is 30.0 Å². The van der Waals surface area contributed by atoms with Gasteiger partial charge >= 0.3 is 12.6 Å². The number of anilines is 1. The highest BCUT2D eigenvalue weighted by Crippen LogP contribution is 2.32. The molecule has 0 atom stereocenters. The van der Waals surface area contributed by atoms with Crippen LogP contribution in [0.5, 0.6) is 5.75 Å². The lowest BCUT2D eigenvalue weighted by Gasteiger charge is -2.32. The summed E-state index contributed by atoms with van der Waals surface area (Å²) in [4.78, 5) is 6.39. The van der Waals surface area contributed by atoms with E-state index in [4.69, 9.17) is 16.1 Å². The molecule has 0 unspecified atom stereocenters. The molecule has 3 aromatic rings. The van der Waals surface area contributed by atoms with Crippen molar-refractivity contribution in [3.8, 4) is 5.75 Å². The summed E-state index contributed by atoms with van der Waals surface area (Å²) in [7, 11) is -3.79. The van der Waals surface area contributed by atoms with Gasteiger partial charge in [-0.2, -0.15) is 18.1 Å². The van der Waals surface area contributed by atoms with Gasteiger partial charge in [0.15, 0.2) is 5.82 Å². The quantitative estimate of drug-likeness (QED) is 0.469. The molecule has 0 bridgehead atoms. The largest absolute Gasteiger partial charge is 0.435 e. The van der Waals surface area contributed by atoms with Crippen LogP contribution in [0.4, 0.5) is 14.8 Å². The van der Waals surface area contributed by atoms with E-state index in [9.17, 15) is 17.2 Å². The zero-order valence-electron chi connectivity index (χ0n) is 18.5. The summed E-state index contributed by atoms with van der Waals surface area (Å²) < 4.78 is 61.6. The first kappa shape index (κ1) is 24.4. The third-order valence-corrected chi connectivity index (χ3v) is 7.86. The molecule has 4 rings (SSSR count). The first-order valence-electron chi connectivity index (χ1n) is 10.5. The third kappa shape index (κ3) is 5.01. The van der Waals surface area contributed by atoms with Gasteiger partial charge in [-0.1, -0.05) is 28.9 Å². The molecule has 0 saturated carbocycles. The van der Waals surface area contributed by atoms with Crippen molar-refractivity contribution in [2.75, 3.05) is 31.1 Å². The minimum Gasteiger partial charge on any atom is -0.435 e. The van der Waals surface area contributed by atoms with Gasteiger partial charge in [-0.15, -0.1) is 0 Å². The number of hydrogen-bond donors (Lipinski definition) is 0. The topological polar surface area (TPSA) is 88.8 Å². The van der Waals surface area contributed by atoms with Gasteiger partial charge in [-0.25, -0.2) is 8.42 Å². The number of aromatic nitrogens is 2. The number of hydrogen-bond acceptors (Lipinski definition) is 7. The van der Waals surface area contributed by atoms with E-state index in [1.165, 1.54) is 28.6 Å². The van der Waals surface area contributed by atoms with Crippen molar-refractivity contribution < 1.29 is 26.5 Å². The summed E-state index contributed by atoms with van der Waals surface area (Å²) in [5.41, 5.74) is 0.395. The minimum atomic E-state index is -3.79. The Morgan fingerprint density at radius 3 is 2.38 bits per heavy atom. The Hall–Kier alpha value is -2.76. The number of halogens is 3. The number of rotatable bonds is 7. The molecule has 2 aromatic carbocycles. The fourth-order valence-electron chi connectivity index (χ4n) is 3.67. The molecule has 0 spiro atoms. The average Bonchev–Trinajstić information content (AvgIpc) is 3.30. The standard InChI is InChI=1S/C22H23ClF2N4O4S/c1-22(2,15-4-3-5-16(23)14-15)19-26-21(33-27-19)28-10-12-29(13-11-28)34(30,31)18-8-6-17(7-9-18)32-20(24)25/h3-9,14,20H,10-13H2,1-2H3.